The molecule has 1 aromatic heterocycles. The van der Waals surface area contributed by atoms with Gasteiger partial charge in [-0.05, 0) is 71.1 Å². The molecule has 2 fully saturated rings. The van der Waals surface area contributed by atoms with Gasteiger partial charge in [-0.3, -0.25) is 0 Å². The summed E-state index contributed by atoms with van der Waals surface area (Å²) in [4.78, 5) is 2.52. The fourth-order valence-electron chi connectivity index (χ4n) is 3.53. The van der Waals surface area contributed by atoms with Crippen LogP contribution >= 0.6 is 27.3 Å². The minimum atomic E-state index is 0.532. The Bertz CT molecular complexity index is 435. The summed E-state index contributed by atoms with van der Waals surface area (Å²) in [6.45, 7) is 3.54. The van der Waals surface area contributed by atoms with Gasteiger partial charge in [0, 0.05) is 25.7 Å². The fourth-order valence-corrected chi connectivity index (χ4v) is 4.73. The molecule has 1 N–H and O–H groups in total. The third-order valence-corrected chi connectivity index (χ3v) is 6.24. The zero-order valence-corrected chi connectivity index (χ0v) is 14.7. The summed E-state index contributed by atoms with van der Waals surface area (Å²) in [7, 11) is 2.28. The smallest absolute Gasteiger partial charge is 0.0701 e. The molecule has 2 nitrogen and oxygen atoms in total. The van der Waals surface area contributed by atoms with Crippen LogP contribution in [-0.4, -0.2) is 31.1 Å². The van der Waals surface area contributed by atoms with Crippen molar-refractivity contribution in [3.8, 4) is 0 Å². The highest BCUT2D eigenvalue weighted by Crippen LogP contribution is 2.39. The topological polar surface area (TPSA) is 15.3 Å². The lowest BCUT2D eigenvalue weighted by atomic mass is 9.85. The van der Waals surface area contributed by atoms with Crippen LogP contribution < -0.4 is 5.32 Å². The molecule has 3 rings (SSSR count). The number of nitrogens with zero attached hydrogens (tertiary/aromatic N) is 1. The molecule has 0 amide bonds. The van der Waals surface area contributed by atoms with Crippen molar-refractivity contribution in [2.45, 2.75) is 51.1 Å². The average Bonchev–Trinajstić information content (AvgIpc) is 3.00. The van der Waals surface area contributed by atoms with Gasteiger partial charge in [-0.15, -0.1) is 11.3 Å². The van der Waals surface area contributed by atoms with Crippen molar-refractivity contribution in [1.82, 2.24) is 10.2 Å². The quantitative estimate of drug-likeness (QED) is 0.785. The van der Waals surface area contributed by atoms with Crippen LogP contribution in [0, 0.1) is 5.41 Å². The van der Waals surface area contributed by atoms with Gasteiger partial charge in [-0.1, -0.05) is 12.8 Å². The number of hydrogen-bond acceptors (Lipinski definition) is 3. The Balaban J connectivity index is 1.54. The summed E-state index contributed by atoms with van der Waals surface area (Å²) in [5.41, 5.74) is 1.97. The third-order valence-electron chi connectivity index (χ3n) is 4.69. The summed E-state index contributed by atoms with van der Waals surface area (Å²) >= 11 is 5.35. The number of halogens is 1. The number of rotatable bonds is 7. The van der Waals surface area contributed by atoms with Crippen LogP contribution in [0.25, 0.3) is 0 Å². The van der Waals surface area contributed by atoms with E-state index in [1.165, 1.54) is 61.0 Å². The second-order valence-corrected chi connectivity index (χ2v) is 9.08. The molecule has 2 aliphatic carbocycles. The van der Waals surface area contributed by atoms with E-state index in [0.717, 1.165) is 12.6 Å². The summed E-state index contributed by atoms with van der Waals surface area (Å²) < 4.78 is 1.24. The largest absolute Gasteiger partial charge is 0.313 e. The van der Waals surface area contributed by atoms with Crippen molar-refractivity contribution < 1.29 is 0 Å². The first-order valence-corrected chi connectivity index (χ1v) is 9.47. The van der Waals surface area contributed by atoms with E-state index in [2.05, 4.69) is 44.6 Å². The fraction of sp³-hybridized carbons (Fsp3) is 0.750. The van der Waals surface area contributed by atoms with Gasteiger partial charge in [0.15, 0.2) is 0 Å². The molecule has 0 aromatic carbocycles. The van der Waals surface area contributed by atoms with Gasteiger partial charge in [0.2, 0.25) is 0 Å². The van der Waals surface area contributed by atoms with Gasteiger partial charge in [-0.25, -0.2) is 0 Å². The summed E-state index contributed by atoms with van der Waals surface area (Å²) in [6.07, 6.45) is 8.45. The molecule has 0 bridgehead atoms. The molecule has 0 atom stereocenters. The molecule has 2 aliphatic rings. The molecule has 0 saturated heterocycles. The lowest BCUT2D eigenvalue weighted by molar-refractivity contribution is 0.167. The summed E-state index contributed by atoms with van der Waals surface area (Å²) in [5.74, 6) is 0. The van der Waals surface area contributed by atoms with Crippen LogP contribution in [0.3, 0.4) is 0 Å². The second-order valence-electron chi connectivity index (χ2n) is 6.79. The molecule has 0 spiro atoms. The highest BCUT2D eigenvalue weighted by atomic mass is 79.9. The first-order chi connectivity index (χ1) is 9.65. The van der Waals surface area contributed by atoms with Crippen molar-refractivity contribution >= 4 is 27.3 Å². The van der Waals surface area contributed by atoms with Gasteiger partial charge in [0.1, 0.15) is 0 Å². The van der Waals surface area contributed by atoms with E-state index in [1.807, 2.05) is 0 Å². The second kappa shape index (κ2) is 6.47. The molecule has 1 heterocycles. The van der Waals surface area contributed by atoms with Gasteiger partial charge >= 0.3 is 0 Å². The minimum absolute atomic E-state index is 0.532. The lowest BCUT2D eigenvalue weighted by Gasteiger charge is -2.34. The standard InChI is InChI=1S/C16H25BrN2S/c1-19(9-13-8-15(17)20-10-13)12-16(6-2-3-7-16)11-18-14-4-5-14/h8,10,14,18H,2-7,9,11-12H2,1H3. The molecule has 0 aliphatic heterocycles. The number of thiophene rings is 1. The van der Waals surface area contributed by atoms with Gasteiger partial charge < -0.3 is 10.2 Å². The Hall–Kier alpha value is 0.1000. The first kappa shape index (κ1) is 15.0. The normalized spacial score (nSPS) is 21.8. The van der Waals surface area contributed by atoms with E-state index >= 15 is 0 Å². The van der Waals surface area contributed by atoms with E-state index in [1.54, 1.807) is 11.3 Å². The SMILES string of the molecule is CN(Cc1csc(Br)c1)CC1(CNC2CC2)CCCC1. The van der Waals surface area contributed by atoms with Crippen molar-refractivity contribution in [1.29, 1.82) is 0 Å². The monoisotopic (exact) mass is 356 g/mol. The first-order valence-electron chi connectivity index (χ1n) is 7.80. The lowest BCUT2D eigenvalue weighted by Crippen LogP contribution is -2.41. The van der Waals surface area contributed by atoms with E-state index in [0.29, 0.717) is 5.41 Å². The Labute approximate surface area is 135 Å². The molecular formula is C16H25BrN2S. The molecule has 2 saturated carbocycles. The third kappa shape index (κ3) is 4.06. The van der Waals surface area contributed by atoms with E-state index in [9.17, 15) is 0 Å². The average molecular weight is 357 g/mol. The van der Waals surface area contributed by atoms with E-state index in [4.69, 9.17) is 0 Å². The molecule has 20 heavy (non-hydrogen) atoms. The maximum Gasteiger partial charge on any atom is 0.0701 e. The zero-order valence-electron chi connectivity index (χ0n) is 12.3. The molecule has 1 aromatic rings. The summed E-state index contributed by atoms with van der Waals surface area (Å²) in [5, 5.41) is 6.05. The van der Waals surface area contributed by atoms with Gasteiger partial charge in [-0.2, -0.15) is 0 Å². The minimum Gasteiger partial charge on any atom is -0.313 e. The van der Waals surface area contributed by atoms with E-state index < -0.39 is 0 Å². The Morgan fingerprint density at radius 3 is 2.75 bits per heavy atom. The van der Waals surface area contributed by atoms with Crippen LogP contribution in [0.1, 0.15) is 44.1 Å². The van der Waals surface area contributed by atoms with Crippen molar-refractivity contribution in [2.75, 3.05) is 20.1 Å². The van der Waals surface area contributed by atoms with Crippen molar-refractivity contribution in [2.24, 2.45) is 5.41 Å². The van der Waals surface area contributed by atoms with Crippen molar-refractivity contribution in [3.05, 3.63) is 20.8 Å². The van der Waals surface area contributed by atoms with Crippen LogP contribution in [0.15, 0.2) is 15.2 Å². The van der Waals surface area contributed by atoms with Gasteiger partial charge in [0.05, 0.1) is 3.79 Å². The summed E-state index contributed by atoms with van der Waals surface area (Å²) in [6, 6.07) is 3.09. The molecule has 4 heteroatoms. The van der Waals surface area contributed by atoms with Gasteiger partial charge in [0.25, 0.3) is 0 Å². The van der Waals surface area contributed by atoms with Crippen LogP contribution in [-0.2, 0) is 6.54 Å². The molecular weight excluding hydrogens is 332 g/mol. The maximum atomic E-state index is 3.78. The Morgan fingerprint density at radius 2 is 2.15 bits per heavy atom. The van der Waals surface area contributed by atoms with Crippen molar-refractivity contribution in [3.63, 3.8) is 0 Å². The number of nitrogens with one attached hydrogen (secondary N) is 1. The molecule has 0 unspecified atom stereocenters. The number of hydrogen-bond donors (Lipinski definition) is 1. The maximum absolute atomic E-state index is 3.78. The Morgan fingerprint density at radius 1 is 1.40 bits per heavy atom. The molecule has 0 radical (unpaired) electrons. The van der Waals surface area contributed by atoms with Crippen LogP contribution in [0.4, 0.5) is 0 Å². The zero-order chi connectivity index (χ0) is 14.0. The predicted octanol–water partition coefficient (Wildman–Crippen LogP) is 4.25. The highest BCUT2D eigenvalue weighted by molar-refractivity contribution is 9.11. The Kier molecular flexibility index (Phi) is 4.86. The predicted molar refractivity (Wildman–Crippen MR) is 90.3 cm³/mol. The molecule has 112 valence electrons. The highest BCUT2D eigenvalue weighted by Gasteiger charge is 2.36. The van der Waals surface area contributed by atoms with E-state index in [-0.39, 0.29) is 0 Å². The van der Waals surface area contributed by atoms with Crippen LogP contribution in [0.2, 0.25) is 0 Å². The van der Waals surface area contributed by atoms with Crippen LogP contribution in [0.5, 0.6) is 0 Å².